The van der Waals surface area contributed by atoms with Gasteiger partial charge >= 0.3 is 6.03 Å². The maximum absolute atomic E-state index is 12.5. The van der Waals surface area contributed by atoms with Gasteiger partial charge in [-0.3, -0.25) is 0 Å². The third-order valence-electron chi connectivity index (χ3n) is 5.40. The first-order valence-corrected chi connectivity index (χ1v) is 8.93. The number of aromatic amines is 1. The summed E-state index contributed by atoms with van der Waals surface area (Å²) in [5.41, 5.74) is 2.45. The molecule has 1 aliphatic carbocycles. The van der Waals surface area contributed by atoms with Crippen molar-refractivity contribution in [2.24, 2.45) is 0 Å². The normalized spacial score (nSPS) is 22.6. The van der Waals surface area contributed by atoms with Gasteiger partial charge in [-0.2, -0.15) is 0 Å². The van der Waals surface area contributed by atoms with Crippen LogP contribution in [0.25, 0.3) is 10.9 Å². The second-order valence-corrected chi connectivity index (χ2v) is 7.03. The van der Waals surface area contributed by atoms with E-state index >= 15 is 0 Å². The number of urea groups is 1. The molecule has 1 atom stereocenters. The van der Waals surface area contributed by atoms with Crippen LogP contribution in [-0.2, 0) is 0 Å². The summed E-state index contributed by atoms with van der Waals surface area (Å²) in [4.78, 5) is 18.0. The number of aromatic nitrogens is 1. The van der Waals surface area contributed by atoms with E-state index < -0.39 is 0 Å². The predicted octanol–water partition coefficient (Wildman–Crippen LogP) is 4.00. The first-order valence-electron chi connectivity index (χ1n) is 8.93. The average Bonchev–Trinajstić information content (AvgIpc) is 3.22. The topological polar surface area (TPSA) is 48.1 Å². The van der Waals surface area contributed by atoms with E-state index in [4.69, 9.17) is 0 Å². The van der Waals surface area contributed by atoms with Gasteiger partial charge in [0, 0.05) is 36.3 Å². The highest BCUT2D eigenvalue weighted by atomic mass is 16.2. The van der Waals surface area contributed by atoms with Crippen molar-refractivity contribution in [3.05, 3.63) is 36.0 Å². The van der Waals surface area contributed by atoms with Gasteiger partial charge in [-0.25, -0.2) is 4.79 Å². The molecule has 2 aromatic rings. The maximum atomic E-state index is 12.5. The van der Waals surface area contributed by atoms with Crippen LogP contribution in [0, 0.1) is 0 Å². The fourth-order valence-electron chi connectivity index (χ4n) is 4.03. The zero-order chi connectivity index (χ0) is 15.6. The number of H-pyrrole nitrogens is 1. The molecule has 1 saturated carbocycles. The molecule has 0 radical (unpaired) electrons. The van der Waals surface area contributed by atoms with Crippen LogP contribution in [0.2, 0.25) is 0 Å². The van der Waals surface area contributed by atoms with Crippen molar-refractivity contribution in [2.75, 3.05) is 13.1 Å². The minimum atomic E-state index is 0.135. The molecule has 1 aromatic heterocycles. The molecular formula is C19H25N3O. The first kappa shape index (κ1) is 14.6. The molecule has 1 aliphatic heterocycles. The number of rotatable bonds is 2. The van der Waals surface area contributed by atoms with Crippen molar-refractivity contribution in [1.82, 2.24) is 15.2 Å². The van der Waals surface area contributed by atoms with E-state index in [9.17, 15) is 4.79 Å². The van der Waals surface area contributed by atoms with Crippen molar-refractivity contribution < 1.29 is 4.79 Å². The van der Waals surface area contributed by atoms with Gasteiger partial charge in [0.1, 0.15) is 0 Å². The van der Waals surface area contributed by atoms with Crippen LogP contribution >= 0.6 is 0 Å². The van der Waals surface area contributed by atoms with Crippen molar-refractivity contribution in [2.45, 2.75) is 50.5 Å². The number of carbonyl (C=O) groups is 1. The molecule has 4 nitrogen and oxygen atoms in total. The second-order valence-electron chi connectivity index (χ2n) is 7.03. The van der Waals surface area contributed by atoms with Gasteiger partial charge < -0.3 is 15.2 Å². The van der Waals surface area contributed by atoms with Crippen LogP contribution in [0.5, 0.6) is 0 Å². The Labute approximate surface area is 137 Å². The van der Waals surface area contributed by atoms with E-state index in [2.05, 4.69) is 40.6 Å². The Kier molecular flexibility index (Phi) is 3.98. The number of amides is 2. The molecule has 2 N–H and O–H groups in total. The van der Waals surface area contributed by atoms with Gasteiger partial charge in [0.25, 0.3) is 0 Å². The minimum Gasteiger partial charge on any atom is -0.358 e. The maximum Gasteiger partial charge on any atom is 0.317 e. The van der Waals surface area contributed by atoms with Crippen molar-refractivity contribution in [1.29, 1.82) is 0 Å². The first-order chi connectivity index (χ1) is 11.3. The second kappa shape index (κ2) is 6.26. The third-order valence-corrected chi connectivity index (χ3v) is 5.40. The van der Waals surface area contributed by atoms with E-state index in [0.717, 1.165) is 32.4 Å². The van der Waals surface area contributed by atoms with Crippen LogP contribution in [0.15, 0.2) is 30.3 Å². The Morgan fingerprint density at radius 3 is 2.78 bits per heavy atom. The average molecular weight is 311 g/mol. The van der Waals surface area contributed by atoms with Crippen molar-refractivity contribution in [3.8, 4) is 0 Å². The van der Waals surface area contributed by atoms with Crippen LogP contribution < -0.4 is 5.32 Å². The lowest BCUT2D eigenvalue weighted by molar-refractivity contribution is 0.200. The summed E-state index contributed by atoms with van der Waals surface area (Å²) in [5, 5.41) is 4.49. The van der Waals surface area contributed by atoms with Gasteiger partial charge in [-0.05, 0) is 36.8 Å². The van der Waals surface area contributed by atoms with E-state index in [1.807, 2.05) is 4.90 Å². The summed E-state index contributed by atoms with van der Waals surface area (Å²) in [5.74, 6) is 0.430. The highest BCUT2D eigenvalue weighted by Crippen LogP contribution is 2.29. The Hall–Kier alpha value is -1.97. The van der Waals surface area contributed by atoms with Crippen molar-refractivity contribution in [3.63, 3.8) is 0 Å². The van der Waals surface area contributed by atoms with Crippen LogP contribution in [0.3, 0.4) is 0 Å². The Bertz CT molecular complexity index is 654. The summed E-state index contributed by atoms with van der Waals surface area (Å²) in [7, 11) is 0. The van der Waals surface area contributed by atoms with E-state index in [1.165, 1.54) is 35.9 Å². The molecule has 122 valence electrons. The number of likely N-dealkylation sites (tertiary alicyclic amines) is 1. The number of carbonyl (C=O) groups excluding carboxylic acids is 1. The molecule has 2 aliphatic rings. The lowest BCUT2D eigenvalue weighted by Gasteiger charge is -2.26. The number of para-hydroxylation sites is 1. The summed E-state index contributed by atoms with van der Waals surface area (Å²) >= 11 is 0. The smallest absolute Gasteiger partial charge is 0.317 e. The summed E-state index contributed by atoms with van der Waals surface area (Å²) in [6, 6.07) is 11.1. The van der Waals surface area contributed by atoms with Gasteiger partial charge in [0.15, 0.2) is 0 Å². The molecule has 4 heteroatoms. The zero-order valence-corrected chi connectivity index (χ0v) is 13.6. The minimum absolute atomic E-state index is 0.135. The van der Waals surface area contributed by atoms with E-state index in [1.54, 1.807) is 0 Å². The molecule has 2 amide bonds. The fraction of sp³-hybridized carbons (Fsp3) is 0.526. The number of fused-ring (bicyclic) bond motifs is 1. The number of nitrogens with zero attached hydrogens (tertiary/aromatic N) is 1. The number of hydrogen-bond donors (Lipinski definition) is 2. The molecule has 1 saturated heterocycles. The van der Waals surface area contributed by atoms with Gasteiger partial charge in [0.2, 0.25) is 0 Å². The summed E-state index contributed by atoms with van der Waals surface area (Å²) in [6.45, 7) is 1.68. The van der Waals surface area contributed by atoms with Crippen LogP contribution in [0.1, 0.15) is 50.1 Å². The quantitative estimate of drug-likeness (QED) is 0.865. The molecule has 0 spiro atoms. The Morgan fingerprint density at radius 2 is 1.96 bits per heavy atom. The van der Waals surface area contributed by atoms with Crippen LogP contribution in [0.4, 0.5) is 4.79 Å². The molecule has 1 unspecified atom stereocenters. The standard InChI is InChI=1S/C19H25N3O/c23-19(20-16-7-2-1-3-8-16)22-11-10-15(13-22)18-12-14-6-4-5-9-17(14)21-18/h4-6,9,12,15-16,21H,1-3,7-8,10-11,13H2,(H,20,23). The van der Waals surface area contributed by atoms with E-state index in [0.29, 0.717) is 12.0 Å². The summed E-state index contributed by atoms with van der Waals surface area (Å²) in [6.07, 6.45) is 7.16. The highest BCUT2D eigenvalue weighted by molar-refractivity contribution is 5.80. The van der Waals surface area contributed by atoms with Gasteiger partial charge in [-0.1, -0.05) is 37.5 Å². The van der Waals surface area contributed by atoms with E-state index in [-0.39, 0.29) is 6.03 Å². The molecular weight excluding hydrogens is 286 g/mol. The largest absolute Gasteiger partial charge is 0.358 e. The van der Waals surface area contributed by atoms with Gasteiger partial charge in [0.05, 0.1) is 0 Å². The molecule has 2 fully saturated rings. The van der Waals surface area contributed by atoms with Crippen molar-refractivity contribution >= 4 is 16.9 Å². The lowest BCUT2D eigenvalue weighted by Crippen LogP contribution is -2.44. The van der Waals surface area contributed by atoms with Crippen LogP contribution in [-0.4, -0.2) is 35.0 Å². The lowest BCUT2D eigenvalue weighted by atomic mass is 9.96. The zero-order valence-electron chi connectivity index (χ0n) is 13.6. The number of hydrogen-bond acceptors (Lipinski definition) is 1. The number of nitrogens with one attached hydrogen (secondary N) is 2. The molecule has 23 heavy (non-hydrogen) atoms. The SMILES string of the molecule is O=C(NC1CCCCC1)N1CCC(c2cc3ccccc3[nH]2)C1. The predicted molar refractivity (Wildman–Crippen MR) is 92.6 cm³/mol. The Morgan fingerprint density at radius 1 is 1.13 bits per heavy atom. The van der Waals surface area contributed by atoms with Gasteiger partial charge in [-0.15, -0.1) is 0 Å². The third kappa shape index (κ3) is 3.07. The fourth-order valence-corrected chi connectivity index (χ4v) is 4.03. The highest BCUT2D eigenvalue weighted by Gasteiger charge is 2.29. The molecule has 1 aromatic carbocycles. The molecule has 4 rings (SSSR count). The monoisotopic (exact) mass is 311 g/mol. The molecule has 0 bridgehead atoms. The summed E-state index contributed by atoms with van der Waals surface area (Å²) < 4.78 is 0. The number of benzene rings is 1. The molecule has 2 heterocycles. The Balaban J connectivity index is 1.39.